The lowest BCUT2D eigenvalue weighted by atomic mass is 10.2. The molecule has 0 saturated heterocycles. The molecule has 2 rings (SSSR count). The van der Waals surface area contributed by atoms with E-state index >= 15 is 0 Å². The van der Waals surface area contributed by atoms with E-state index in [1.165, 1.54) is 11.8 Å². The maximum atomic E-state index is 7.46. The van der Waals surface area contributed by atoms with Crippen molar-refractivity contribution in [1.29, 1.82) is 5.41 Å². The van der Waals surface area contributed by atoms with Crippen LogP contribution in [0.15, 0.2) is 52.8 Å². The first-order chi connectivity index (χ1) is 7.77. The van der Waals surface area contributed by atoms with Crippen molar-refractivity contribution in [3.05, 3.63) is 48.4 Å². The number of nitrogen functional groups attached to an aromatic ring is 1. The summed E-state index contributed by atoms with van der Waals surface area (Å²) < 4.78 is 0. The minimum absolute atomic E-state index is 0.0424. The molecule has 16 heavy (non-hydrogen) atoms. The molecule has 0 fully saturated rings. The van der Waals surface area contributed by atoms with Gasteiger partial charge >= 0.3 is 0 Å². The van der Waals surface area contributed by atoms with Crippen molar-refractivity contribution >= 4 is 17.6 Å². The Balaban J connectivity index is 2.31. The van der Waals surface area contributed by atoms with Crippen LogP contribution in [-0.2, 0) is 0 Å². The first-order valence-electron chi connectivity index (χ1n) is 4.64. The van der Waals surface area contributed by atoms with Crippen molar-refractivity contribution in [2.24, 2.45) is 5.73 Å². The lowest BCUT2D eigenvalue weighted by Crippen LogP contribution is -2.12. The standard InChI is InChI=1S/C11H10N4S/c12-11(13)8-4-6-14-7-9(8)16-10-3-1-2-5-15-10/h1-7H,(H3,12,13). The Kier molecular flexibility index (Phi) is 3.16. The molecule has 0 spiro atoms. The van der Waals surface area contributed by atoms with Gasteiger partial charge in [0.05, 0.1) is 0 Å². The summed E-state index contributed by atoms with van der Waals surface area (Å²) in [5.74, 6) is 0.0424. The lowest BCUT2D eigenvalue weighted by molar-refractivity contribution is 1.12. The number of hydrogen-bond acceptors (Lipinski definition) is 4. The summed E-state index contributed by atoms with van der Waals surface area (Å²) in [6.07, 6.45) is 5.04. The topological polar surface area (TPSA) is 75.7 Å². The number of nitrogens with one attached hydrogen (secondary N) is 1. The van der Waals surface area contributed by atoms with Crippen LogP contribution in [0.4, 0.5) is 0 Å². The third-order valence-electron chi connectivity index (χ3n) is 1.93. The van der Waals surface area contributed by atoms with Crippen molar-refractivity contribution in [2.45, 2.75) is 9.92 Å². The molecule has 0 amide bonds. The zero-order valence-electron chi connectivity index (χ0n) is 8.42. The molecule has 2 heterocycles. The maximum Gasteiger partial charge on any atom is 0.124 e. The summed E-state index contributed by atoms with van der Waals surface area (Å²) in [4.78, 5) is 9.06. The predicted molar refractivity (Wildman–Crippen MR) is 63.6 cm³/mol. The van der Waals surface area contributed by atoms with E-state index in [0.29, 0.717) is 5.56 Å². The van der Waals surface area contributed by atoms with Crippen molar-refractivity contribution in [2.75, 3.05) is 0 Å². The van der Waals surface area contributed by atoms with Gasteiger partial charge in [-0.15, -0.1) is 0 Å². The molecular weight excluding hydrogens is 220 g/mol. The fraction of sp³-hybridized carbons (Fsp3) is 0. The van der Waals surface area contributed by atoms with E-state index in [0.717, 1.165) is 9.92 Å². The Hall–Kier alpha value is -1.88. The summed E-state index contributed by atoms with van der Waals surface area (Å²) in [5, 5.41) is 8.32. The largest absolute Gasteiger partial charge is 0.384 e. The first kappa shape index (κ1) is 10.6. The van der Waals surface area contributed by atoms with Crippen molar-refractivity contribution in [3.63, 3.8) is 0 Å². The van der Waals surface area contributed by atoms with Crippen molar-refractivity contribution in [3.8, 4) is 0 Å². The minimum atomic E-state index is 0.0424. The molecule has 0 aliphatic heterocycles. The van der Waals surface area contributed by atoms with Gasteiger partial charge in [0.2, 0.25) is 0 Å². The number of amidine groups is 1. The fourth-order valence-corrected chi connectivity index (χ4v) is 2.09. The first-order valence-corrected chi connectivity index (χ1v) is 5.46. The van der Waals surface area contributed by atoms with Crippen molar-refractivity contribution in [1.82, 2.24) is 9.97 Å². The van der Waals surface area contributed by atoms with Crippen LogP contribution in [0, 0.1) is 5.41 Å². The Morgan fingerprint density at radius 1 is 1.25 bits per heavy atom. The molecule has 0 saturated carbocycles. The smallest absolute Gasteiger partial charge is 0.124 e. The molecule has 0 unspecified atom stereocenters. The average Bonchev–Trinajstić information content (AvgIpc) is 2.31. The van der Waals surface area contributed by atoms with Gasteiger partial charge in [-0.2, -0.15) is 0 Å². The Labute approximate surface area is 97.4 Å². The van der Waals surface area contributed by atoms with E-state index in [1.807, 2.05) is 18.2 Å². The molecule has 2 aromatic heterocycles. The SMILES string of the molecule is N=C(N)c1ccncc1Sc1ccccn1. The predicted octanol–water partition coefficient (Wildman–Crippen LogP) is 1.91. The molecule has 0 aliphatic carbocycles. The van der Waals surface area contributed by atoms with Crippen LogP contribution in [0.1, 0.15) is 5.56 Å². The van der Waals surface area contributed by atoms with Gasteiger partial charge in [0.15, 0.2) is 0 Å². The Morgan fingerprint density at radius 3 is 2.81 bits per heavy atom. The van der Waals surface area contributed by atoms with Crippen LogP contribution < -0.4 is 5.73 Å². The average molecular weight is 230 g/mol. The van der Waals surface area contributed by atoms with Gasteiger partial charge in [0.25, 0.3) is 0 Å². The Morgan fingerprint density at radius 2 is 2.12 bits per heavy atom. The van der Waals surface area contributed by atoms with Gasteiger partial charge in [-0.3, -0.25) is 10.4 Å². The monoisotopic (exact) mass is 230 g/mol. The van der Waals surface area contributed by atoms with Crippen LogP contribution >= 0.6 is 11.8 Å². The minimum Gasteiger partial charge on any atom is -0.384 e. The van der Waals surface area contributed by atoms with E-state index in [-0.39, 0.29) is 5.84 Å². The number of hydrogen-bond donors (Lipinski definition) is 2. The molecule has 3 N–H and O–H groups in total. The van der Waals surface area contributed by atoms with Crippen LogP contribution in [0.5, 0.6) is 0 Å². The zero-order valence-corrected chi connectivity index (χ0v) is 9.24. The second kappa shape index (κ2) is 4.76. The van der Waals surface area contributed by atoms with Crippen LogP contribution in [-0.4, -0.2) is 15.8 Å². The highest BCUT2D eigenvalue weighted by atomic mass is 32.2. The third-order valence-corrected chi connectivity index (χ3v) is 2.92. The van der Waals surface area contributed by atoms with Gasteiger partial charge in [-0.05, 0) is 18.2 Å². The molecule has 0 bridgehead atoms. The molecule has 0 aromatic carbocycles. The van der Waals surface area contributed by atoms with Gasteiger partial charge in [-0.25, -0.2) is 4.98 Å². The van der Waals surface area contributed by atoms with Gasteiger partial charge in [0.1, 0.15) is 10.9 Å². The molecule has 0 atom stereocenters. The summed E-state index contributed by atoms with van der Waals surface area (Å²) in [6, 6.07) is 7.41. The van der Waals surface area contributed by atoms with E-state index in [9.17, 15) is 0 Å². The third kappa shape index (κ3) is 2.38. The summed E-state index contributed by atoms with van der Waals surface area (Å²) in [5.41, 5.74) is 6.18. The molecule has 0 aliphatic rings. The lowest BCUT2D eigenvalue weighted by Gasteiger charge is -2.05. The maximum absolute atomic E-state index is 7.46. The van der Waals surface area contributed by atoms with E-state index < -0.39 is 0 Å². The Bertz CT molecular complexity index is 498. The van der Waals surface area contributed by atoms with Gasteiger partial charge in [-0.1, -0.05) is 17.8 Å². The molecular formula is C11H10N4S. The van der Waals surface area contributed by atoms with E-state index in [2.05, 4.69) is 9.97 Å². The number of pyridine rings is 2. The highest BCUT2D eigenvalue weighted by Gasteiger charge is 2.06. The van der Waals surface area contributed by atoms with Crippen molar-refractivity contribution < 1.29 is 0 Å². The number of rotatable bonds is 3. The molecule has 5 heteroatoms. The molecule has 4 nitrogen and oxygen atoms in total. The second-order valence-electron chi connectivity index (χ2n) is 3.06. The number of aromatic nitrogens is 2. The summed E-state index contributed by atoms with van der Waals surface area (Å²) >= 11 is 1.45. The highest BCUT2D eigenvalue weighted by Crippen LogP contribution is 2.27. The summed E-state index contributed by atoms with van der Waals surface area (Å²) in [6.45, 7) is 0. The van der Waals surface area contributed by atoms with Crippen LogP contribution in [0.3, 0.4) is 0 Å². The quantitative estimate of drug-likeness (QED) is 0.624. The number of nitrogens with zero attached hydrogens (tertiary/aromatic N) is 2. The fourth-order valence-electron chi connectivity index (χ4n) is 1.20. The van der Waals surface area contributed by atoms with E-state index in [1.54, 1.807) is 24.7 Å². The molecule has 80 valence electrons. The summed E-state index contributed by atoms with van der Waals surface area (Å²) in [7, 11) is 0. The van der Waals surface area contributed by atoms with Crippen LogP contribution in [0.2, 0.25) is 0 Å². The number of nitrogens with two attached hydrogens (primary N) is 1. The second-order valence-corrected chi connectivity index (χ2v) is 4.12. The highest BCUT2D eigenvalue weighted by molar-refractivity contribution is 7.99. The molecule has 2 aromatic rings. The van der Waals surface area contributed by atoms with E-state index in [4.69, 9.17) is 11.1 Å². The molecule has 0 radical (unpaired) electrons. The normalized spacial score (nSPS) is 10.0. The zero-order chi connectivity index (χ0) is 11.4. The van der Waals surface area contributed by atoms with Gasteiger partial charge in [0, 0.05) is 29.0 Å². The van der Waals surface area contributed by atoms with Gasteiger partial charge < -0.3 is 5.73 Å². The van der Waals surface area contributed by atoms with Crippen LogP contribution in [0.25, 0.3) is 0 Å².